The number of hydrogen-bond acceptors (Lipinski definition) is 3. The van der Waals surface area contributed by atoms with Crippen molar-refractivity contribution in [1.29, 1.82) is 0 Å². The molecule has 0 saturated heterocycles. The first kappa shape index (κ1) is 11.2. The molecule has 3 nitrogen and oxygen atoms in total. The van der Waals surface area contributed by atoms with Crippen molar-refractivity contribution < 1.29 is 9.84 Å². The maximum absolute atomic E-state index is 9.04. The molecular weight excluding hydrogens is 246 g/mol. The van der Waals surface area contributed by atoms with E-state index in [9.17, 15) is 0 Å². The Kier molecular flexibility index (Phi) is 4.62. The highest BCUT2D eigenvalue weighted by atomic mass is 79.9. The van der Waals surface area contributed by atoms with Gasteiger partial charge in [-0.15, -0.1) is 6.58 Å². The van der Waals surface area contributed by atoms with Gasteiger partial charge in [0.25, 0.3) is 0 Å². The molecule has 0 saturated carbocycles. The van der Waals surface area contributed by atoms with Crippen LogP contribution < -0.4 is 4.74 Å². The minimum atomic E-state index is -0.0735. The van der Waals surface area contributed by atoms with Crippen molar-refractivity contribution in [2.24, 2.45) is 0 Å². The van der Waals surface area contributed by atoms with Gasteiger partial charge in [-0.25, -0.2) is 4.98 Å². The van der Waals surface area contributed by atoms with Crippen LogP contribution in [0.25, 0.3) is 0 Å². The first-order valence-corrected chi connectivity index (χ1v) is 5.06. The Morgan fingerprint density at radius 2 is 2.43 bits per heavy atom. The van der Waals surface area contributed by atoms with Crippen molar-refractivity contribution in [3.05, 3.63) is 35.0 Å². The Morgan fingerprint density at radius 3 is 3.07 bits per heavy atom. The molecule has 0 aliphatic heterocycles. The fraction of sp³-hybridized carbons (Fsp3) is 0.300. The van der Waals surface area contributed by atoms with Crippen LogP contribution in [0.2, 0.25) is 0 Å². The van der Waals surface area contributed by atoms with Gasteiger partial charge >= 0.3 is 0 Å². The van der Waals surface area contributed by atoms with E-state index in [-0.39, 0.29) is 6.61 Å². The number of hydrogen-bond donors (Lipinski definition) is 1. The first-order chi connectivity index (χ1) is 6.77. The number of rotatable bonds is 5. The zero-order valence-corrected chi connectivity index (χ0v) is 9.33. The summed E-state index contributed by atoms with van der Waals surface area (Å²) in [5.41, 5.74) is 0.684. The molecule has 1 aromatic heterocycles. The molecule has 14 heavy (non-hydrogen) atoms. The molecule has 0 radical (unpaired) electrons. The van der Waals surface area contributed by atoms with Crippen LogP contribution >= 0.6 is 15.9 Å². The molecule has 0 aliphatic carbocycles. The van der Waals surface area contributed by atoms with E-state index in [0.29, 0.717) is 18.1 Å². The van der Waals surface area contributed by atoms with Crippen molar-refractivity contribution >= 4 is 15.9 Å². The molecule has 0 unspecified atom stereocenters. The molecule has 0 bridgehead atoms. The number of pyridine rings is 1. The smallest absolute Gasteiger partial charge is 0.218 e. The molecule has 1 heterocycles. The zero-order valence-electron chi connectivity index (χ0n) is 7.74. The summed E-state index contributed by atoms with van der Waals surface area (Å²) in [5, 5.41) is 9.04. The lowest BCUT2D eigenvalue weighted by atomic mass is 10.3. The second kappa shape index (κ2) is 5.78. The molecule has 0 aromatic carbocycles. The number of aliphatic hydroxyl groups is 1. The van der Waals surface area contributed by atoms with Gasteiger partial charge in [-0.2, -0.15) is 0 Å². The average Bonchev–Trinajstić information content (AvgIpc) is 2.20. The number of ether oxygens (including phenoxy) is 1. The van der Waals surface area contributed by atoms with E-state index < -0.39 is 0 Å². The standard InChI is InChI=1S/C10H12BrNO2/c1-2-3-4-14-10-8(7-13)5-9(11)6-12-10/h2,5-6,13H,1,3-4,7H2. The highest BCUT2D eigenvalue weighted by Crippen LogP contribution is 2.19. The minimum absolute atomic E-state index is 0.0735. The van der Waals surface area contributed by atoms with Crippen molar-refractivity contribution in [3.63, 3.8) is 0 Å². The summed E-state index contributed by atoms with van der Waals surface area (Å²) in [6.07, 6.45) is 4.18. The first-order valence-electron chi connectivity index (χ1n) is 4.27. The molecule has 0 aliphatic rings. The van der Waals surface area contributed by atoms with Gasteiger partial charge in [-0.1, -0.05) is 6.08 Å². The Labute approximate surface area is 91.6 Å². The van der Waals surface area contributed by atoms with Crippen LogP contribution in [0.15, 0.2) is 29.4 Å². The lowest BCUT2D eigenvalue weighted by molar-refractivity contribution is 0.259. The topological polar surface area (TPSA) is 42.4 Å². The van der Waals surface area contributed by atoms with E-state index >= 15 is 0 Å². The van der Waals surface area contributed by atoms with Gasteiger partial charge in [0.15, 0.2) is 0 Å². The number of aliphatic hydroxyl groups excluding tert-OH is 1. The number of halogens is 1. The number of nitrogens with zero attached hydrogens (tertiary/aromatic N) is 1. The Balaban J connectivity index is 2.69. The highest BCUT2D eigenvalue weighted by Gasteiger charge is 2.04. The fourth-order valence-electron chi connectivity index (χ4n) is 0.951. The van der Waals surface area contributed by atoms with E-state index in [2.05, 4.69) is 27.5 Å². The predicted octanol–water partition coefficient (Wildman–Crippen LogP) is 2.29. The Morgan fingerprint density at radius 1 is 1.64 bits per heavy atom. The molecule has 1 N–H and O–H groups in total. The maximum Gasteiger partial charge on any atom is 0.218 e. The Bertz CT molecular complexity index is 315. The van der Waals surface area contributed by atoms with Crippen molar-refractivity contribution in [3.8, 4) is 5.88 Å². The molecule has 4 heteroatoms. The quantitative estimate of drug-likeness (QED) is 0.650. The summed E-state index contributed by atoms with van der Waals surface area (Å²) in [4.78, 5) is 4.06. The predicted molar refractivity (Wildman–Crippen MR) is 58.2 cm³/mol. The molecule has 0 spiro atoms. The summed E-state index contributed by atoms with van der Waals surface area (Å²) in [6.45, 7) is 4.05. The minimum Gasteiger partial charge on any atom is -0.477 e. The second-order valence-electron chi connectivity index (χ2n) is 2.70. The lowest BCUT2D eigenvalue weighted by Crippen LogP contribution is -2.01. The molecule has 0 amide bonds. The number of aromatic nitrogens is 1. The van der Waals surface area contributed by atoms with Crippen LogP contribution in [0.4, 0.5) is 0 Å². The van der Waals surface area contributed by atoms with E-state index in [1.807, 2.05) is 0 Å². The highest BCUT2D eigenvalue weighted by molar-refractivity contribution is 9.10. The third-order valence-electron chi connectivity index (χ3n) is 1.62. The van der Waals surface area contributed by atoms with E-state index in [1.54, 1.807) is 18.3 Å². The van der Waals surface area contributed by atoms with E-state index in [4.69, 9.17) is 9.84 Å². The molecule has 0 fully saturated rings. The Hall–Kier alpha value is -0.870. The summed E-state index contributed by atoms with van der Waals surface area (Å²) >= 11 is 3.27. The molecular formula is C10H12BrNO2. The van der Waals surface area contributed by atoms with Gasteiger partial charge in [0.2, 0.25) is 5.88 Å². The van der Waals surface area contributed by atoms with Gasteiger partial charge < -0.3 is 9.84 Å². The van der Waals surface area contributed by atoms with Crippen molar-refractivity contribution in [1.82, 2.24) is 4.98 Å². The SMILES string of the molecule is C=CCCOc1ncc(Br)cc1CO. The average molecular weight is 258 g/mol. The van der Waals surface area contributed by atoms with E-state index in [1.165, 1.54) is 0 Å². The summed E-state index contributed by atoms with van der Waals surface area (Å²) in [5.74, 6) is 0.484. The zero-order chi connectivity index (χ0) is 10.4. The lowest BCUT2D eigenvalue weighted by Gasteiger charge is -2.07. The van der Waals surface area contributed by atoms with Gasteiger partial charge in [0.1, 0.15) is 0 Å². The van der Waals surface area contributed by atoms with Gasteiger partial charge in [0, 0.05) is 16.2 Å². The van der Waals surface area contributed by atoms with Crippen molar-refractivity contribution in [2.45, 2.75) is 13.0 Å². The molecule has 76 valence electrons. The largest absolute Gasteiger partial charge is 0.477 e. The van der Waals surface area contributed by atoms with Gasteiger partial charge in [-0.05, 0) is 28.4 Å². The summed E-state index contributed by atoms with van der Waals surface area (Å²) in [7, 11) is 0. The van der Waals surface area contributed by atoms with Crippen LogP contribution in [0, 0.1) is 0 Å². The summed E-state index contributed by atoms with van der Waals surface area (Å²) < 4.78 is 6.19. The second-order valence-corrected chi connectivity index (χ2v) is 3.62. The maximum atomic E-state index is 9.04. The third-order valence-corrected chi connectivity index (χ3v) is 2.06. The molecule has 1 aromatic rings. The fourth-order valence-corrected chi connectivity index (χ4v) is 1.33. The van der Waals surface area contributed by atoms with Gasteiger partial charge in [-0.3, -0.25) is 0 Å². The monoisotopic (exact) mass is 257 g/mol. The normalized spacial score (nSPS) is 9.86. The van der Waals surface area contributed by atoms with Gasteiger partial charge in [0.05, 0.1) is 13.2 Å². The van der Waals surface area contributed by atoms with Crippen molar-refractivity contribution in [2.75, 3.05) is 6.61 Å². The van der Waals surface area contributed by atoms with Crippen LogP contribution in [0.3, 0.4) is 0 Å². The van der Waals surface area contributed by atoms with Crippen LogP contribution in [-0.2, 0) is 6.61 Å². The van der Waals surface area contributed by atoms with Crippen LogP contribution in [-0.4, -0.2) is 16.7 Å². The van der Waals surface area contributed by atoms with Crippen LogP contribution in [0.1, 0.15) is 12.0 Å². The summed E-state index contributed by atoms with van der Waals surface area (Å²) in [6, 6.07) is 1.79. The van der Waals surface area contributed by atoms with Crippen LogP contribution in [0.5, 0.6) is 5.88 Å². The molecule has 1 rings (SSSR count). The third kappa shape index (κ3) is 3.12. The molecule has 0 atom stereocenters. The van der Waals surface area contributed by atoms with E-state index in [0.717, 1.165) is 10.9 Å².